The molecule has 0 aromatic carbocycles. The van der Waals surface area contributed by atoms with Gasteiger partial charge in [0, 0.05) is 36.2 Å². The second-order valence-electron chi connectivity index (χ2n) is 4.73. The van der Waals surface area contributed by atoms with Crippen LogP contribution in [-0.2, 0) is 4.79 Å². The lowest BCUT2D eigenvalue weighted by Crippen LogP contribution is -2.36. The number of nitrogens with zero attached hydrogens (tertiary/aromatic N) is 3. The molecule has 0 aliphatic heterocycles. The predicted molar refractivity (Wildman–Crippen MR) is 96.0 cm³/mol. The molecular weight excluding hydrogens is 338 g/mol. The molecule has 0 saturated heterocycles. The quantitative estimate of drug-likeness (QED) is 0.791. The number of anilines is 1. The third kappa shape index (κ3) is 3.62. The van der Waals surface area contributed by atoms with E-state index in [4.69, 9.17) is 11.6 Å². The first-order chi connectivity index (χ1) is 10.6. The first kappa shape index (κ1) is 17.2. The van der Waals surface area contributed by atoms with Crippen molar-refractivity contribution in [2.45, 2.75) is 20.3 Å². The second-order valence-corrected chi connectivity index (χ2v) is 6.43. The van der Waals surface area contributed by atoms with Crippen LogP contribution in [0.3, 0.4) is 0 Å². The summed E-state index contributed by atoms with van der Waals surface area (Å²) < 4.78 is 0. The highest BCUT2D eigenvalue weighted by atomic mass is 35.5. The molecule has 1 atom stereocenters. The maximum absolute atomic E-state index is 12.6. The van der Waals surface area contributed by atoms with Crippen LogP contribution in [0.15, 0.2) is 24.5 Å². The summed E-state index contributed by atoms with van der Waals surface area (Å²) in [5.74, 6) is 0.462. The van der Waals surface area contributed by atoms with E-state index in [9.17, 15) is 4.79 Å². The molecule has 4 nitrogen and oxygen atoms in total. The van der Waals surface area contributed by atoms with Gasteiger partial charge in [-0.15, -0.1) is 0 Å². The number of halogens is 1. The number of hydrogen-bond donors (Lipinski definition) is 1. The summed E-state index contributed by atoms with van der Waals surface area (Å²) in [6, 6.07) is 3.77. The maximum Gasteiger partial charge on any atom is 0.231 e. The largest absolute Gasteiger partial charge is 0.301 e. The van der Waals surface area contributed by atoms with Crippen LogP contribution in [0.2, 0.25) is 5.15 Å². The van der Waals surface area contributed by atoms with E-state index in [2.05, 4.69) is 22.6 Å². The number of thiol groups is 1. The number of aromatic nitrogens is 2. The van der Waals surface area contributed by atoms with Crippen LogP contribution in [0, 0.1) is 5.92 Å². The van der Waals surface area contributed by atoms with E-state index in [1.807, 2.05) is 26.0 Å². The number of pyridine rings is 1. The molecule has 22 heavy (non-hydrogen) atoms. The van der Waals surface area contributed by atoms with Crippen LogP contribution in [-0.4, -0.2) is 28.2 Å². The van der Waals surface area contributed by atoms with Gasteiger partial charge < -0.3 is 4.90 Å². The Labute approximate surface area is 145 Å². The molecule has 1 amide bonds. The average Bonchev–Trinajstić information content (AvgIpc) is 2.92. The van der Waals surface area contributed by atoms with Crippen molar-refractivity contribution in [3.05, 3.63) is 29.7 Å². The Morgan fingerprint density at radius 2 is 2.27 bits per heavy atom. The third-order valence-electron chi connectivity index (χ3n) is 3.37. The van der Waals surface area contributed by atoms with Gasteiger partial charge in [-0.2, -0.15) is 12.6 Å². The van der Waals surface area contributed by atoms with Crippen molar-refractivity contribution in [1.29, 1.82) is 0 Å². The molecule has 0 spiro atoms. The SMILES string of the molecule is CCC(CS)C(=O)N(CC)c1sc(-c2cccnc2)nc1Cl. The van der Waals surface area contributed by atoms with Gasteiger partial charge in [-0.05, 0) is 25.5 Å². The summed E-state index contributed by atoms with van der Waals surface area (Å²) in [7, 11) is 0. The van der Waals surface area contributed by atoms with Crippen molar-refractivity contribution >= 4 is 46.5 Å². The third-order valence-corrected chi connectivity index (χ3v) is 5.31. The van der Waals surface area contributed by atoms with Crippen molar-refractivity contribution in [2.24, 2.45) is 5.92 Å². The fourth-order valence-electron chi connectivity index (χ4n) is 2.07. The highest BCUT2D eigenvalue weighted by Crippen LogP contribution is 2.38. The summed E-state index contributed by atoms with van der Waals surface area (Å²) in [4.78, 5) is 22.8. The summed E-state index contributed by atoms with van der Waals surface area (Å²) >= 11 is 11.9. The number of rotatable bonds is 6. The summed E-state index contributed by atoms with van der Waals surface area (Å²) in [5.41, 5.74) is 0.894. The van der Waals surface area contributed by atoms with Gasteiger partial charge in [0.1, 0.15) is 10.0 Å². The lowest BCUT2D eigenvalue weighted by molar-refractivity contribution is -0.121. The van der Waals surface area contributed by atoms with E-state index in [1.165, 1.54) is 11.3 Å². The normalized spacial score (nSPS) is 12.2. The van der Waals surface area contributed by atoms with Crippen LogP contribution in [0.25, 0.3) is 10.6 Å². The minimum absolute atomic E-state index is 0.0447. The van der Waals surface area contributed by atoms with Gasteiger partial charge in [-0.3, -0.25) is 9.78 Å². The molecule has 118 valence electrons. The van der Waals surface area contributed by atoms with E-state index in [0.717, 1.165) is 17.0 Å². The summed E-state index contributed by atoms with van der Waals surface area (Å²) in [5, 5.41) is 1.81. The molecule has 0 fully saturated rings. The van der Waals surface area contributed by atoms with E-state index >= 15 is 0 Å². The van der Waals surface area contributed by atoms with E-state index in [-0.39, 0.29) is 11.8 Å². The topological polar surface area (TPSA) is 46.1 Å². The van der Waals surface area contributed by atoms with Crippen LogP contribution < -0.4 is 4.90 Å². The molecule has 2 aromatic heterocycles. The lowest BCUT2D eigenvalue weighted by Gasteiger charge is -2.23. The molecule has 0 bridgehead atoms. The van der Waals surface area contributed by atoms with Gasteiger partial charge in [0.2, 0.25) is 5.91 Å². The molecule has 2 heterocycles. The number of carbonyl (C=O) groups is 1. The van der Waals surface area contributed by atoms with Crippen molar-refractivity contribution in [2.75, 3.05) is 17.2 Å². The molecule has 1 unspecified atom stereocenters. The fourth-order valence-corrected chi connectivity index (χ4v) is 3.86. The fraction of sp³-hybridized carbons (Fsp3) is 0.400. The smallest absolute Gasteiger partial charge is 0.231 e. The molecule has 2 rings (SSSR count). The molecule has 0 aliphatic carbocycles. The molecule has 0 N–H and O–H groups in total. The van der Waals surface area contributed by atoms with Crippen LogP contribution in [0.1, 0.15) is 20.3 Å². The lowest BCUT2D eigenvalue weighted by atomic mass is 10.1. The van der Waals surface area contributed by atoms with Gasteiger partial charge in [-0.1, -0.05) is 29.9 Å². The van der Waals surface area contributed by atoms with Crippen LogP contribution in [0.5, 0.6) is 0 Å². The highest BCUT2D eigenvalue weighted by molar-refractivity contribution is 7.80. The summed E-state index contributed by atoms with van der Waals surface area (Å²) in [6.07, 6.45) is 4.20. The number of thiazole rings is 1. The standard InChI is InChI=1S/C15H18ClN3OS2/c1-3-10(9-21)14(20)19(4-2)15-12(16)18-13(22-15)11-6-5-7-17-8-11/h5-8,10,21H,3-4,9H2,1-2H3. The van der Waals surface area contributed by atoms with Crippen molar-refractivity contribution in [1.82, 2.24) is 9.97 Å². The van der Waals surface area contributed by atoms with Gasteiger partial charge in [0.05, 0.1) is 0 Å². The van der Waals surface area contributed by atoms with Crippen molar-refractivity contribution in [3.63, 3.8) is 0 Å². The second kappa shape index (κ2) is 7.94. The first-order valence-corrected chi connectivity index (χ1v) is 8.93. The molecular formula is C15H18ClN3OS2. The van der Waals surface area contributed by atoms with E-state index < -0.39 is 0 Å². The van der Waals surface area contributed by atoms with E-state index in [0.29, 0.717) is 22.5 Å². The minimum Gasteiger partial charge on any atom is -0.301 e. The average molecular weight is 356 g/mol. The first-order valence-electron chi connectivity index (χ1n) is 7.11. The Morgan fingerprint density at radius 3 is 2.82 bits per heavy atom. The summed E-state index contributed by atoms with van der Waals surface area (Å²) in [6.45, 7) is 4.47. The van der Waals surface area contributed by atoms with Crippen LogP contribution >= 0.6 is 35.6 Å². The maximum atomic E-state index is 12.6. The molecule has 0 saturated carbocycles. The number of amides is 1. The minimum atomic E-state index is -0.108. The van der Waals surface area contributed by atoms with Crippen LogP contribution in [0.4, 0.5) is 5.00 Å². The zero-order valence-corrected chi connectivity index (χ0v) is 15.0. The zero-order valence-electron chi connectivity index (χ0n) is 12.5. The van der Waals surface area contributed by atoms with E-state index in [1.54, 1.807) is 17.3 Å². The van der Waals surface area contributed by atoms with Gasteiger partial charge >= 0.3 is 0 Å². The number of carbonyl (C=O) groups excluding carboxylic acids is 1. The van der Waals surface area contributed by atoms with Crippen molar-refractivity contribution in [3.8, 4) is 10.6 Å². The van der Waals surface area contributed by atoms with Crippen molar-refractivity contribution < 1.29 is 4.79 Å². The predicted octanol–water partition coefficient (Wildman–Crippen LogP) is 4.17. The Morgan fingerprint density at radius 1 is 1.50 bits per heavy atom. The monoisotopic (exact) mass is 355 g/mol. The Kier molecular flexibility index (Phi) is 6.23. The Balaban J connectivity index is 2.34. The molecule has 0 aliphatic rings. The zero-order chi connectivity index (χ0) is 16.1. The van der Waals surface area contributed by atoms with Gasteiger partial charge in [0.15, 0.2) is 5.15 Å². The molecule has 7 heteroatoms. The number of hydrogen-bond acceptors (Lipinski definition) is 5. The van der Waals surface area contributed by atoms with Gasteiger partial charge in [0.25, 0.3) is 0 Å². The van der Waals surface area contributed by atoms with Gasteiger partial charge in [-0.25, -0.2) is 4.98 Å². The Bertz CT molecular complexity index is 629. The molecule has 0 radical (unpaired) electrons. The Hall–Kier alpha value is -1.11. The highest BCUT2D eigenvalue weighted by Gasteiger charge is 2.26. The molecule has 2 aromatic rings.